The Morgan fingerprint density at radius 1 is 1.53 bits per heavy atom. The standard InChI is InChI=1S/C13H14N2O2/c1-17-13(16)10-4-5-11-7-14-15(12(11)6-10)8-9-2-3-9/h4-7,9H,2-3,8H2,1H3. The summed E-state index contributed by atoms with van der Waals surface area (Å²) in [6.07, 6.45) is 4.43. The molecule has 0 unspecified atom stereocenters. The summed E-state index contributed by atoms with van der Waals surface area (Å²) in [5, 5.41) is 5.43. The number of nitrogens with zero attached hydrogens (tertiary/aromatic N) is 2. The number of hydrogen-bond acceptors (Lipinski definition) is 3. The summed E-state index contributed by atoms with van der Waals surface area (Å²) >= 11 is 0. The van der Waals surface area contributed by atoms with Crippen molar-refractivity contribution in [2.45, 2.75) is 19.4 Å². The van der Waals surface area contributed by atoms with E-state index >= 15 is 0 Å². The van der Waals surface area contributed by atoms with Crippen LogP contribution in [0.5, 0.6) is 0 Å². The SMILES string of the molecule is COC(=O)c1ccc2cnn(CC3CC3)c2c1. The van der Waals surface area contributed by atoms with Gasteiger partial charge in [-0.25, -0.2) is 4.79 Å². The highest BCUT2D eigenvalue weighted by molar-refractivity contribution is 5.94. The van der Waals surface area contributed by atoms with E-state index in [2.05, 4.69) is 5.10 Å². The molecule has 1 aliphatic carbocycles. The summed E-state index contributed by atoms with van der Waals surface area (Å²) in [7, 11) is 1.40. The molecule has 0 N–H and O–H groups in total. The third-order valence-electron chi connectivity index (χ3n) is 3.19. The lowest BCUT2D eigenvalue weighted by atomic mass is 10.1. The van der Waals surface area contributed by atoms with Gasteiger partial charge in [0.25, 0.3) is 0 Å². The molecule has 3 rings (SSSR count). The average Bonchev–Trinajstić information content (AvgIpc) is 3.09. The van der Waals surface area contributed by atoms with E-state index in [0.717, 1.165) is 23.4 Å². The summed E-state index contributed by atoms with van der Waals surface area (Å²) in [6, 6.07) is 5.55. The van der Waals surface area contributed by atoms with Gasteiger partial charge in [0.1, 0.15) is 0 Å². The van der Waals surface area contributed by atoms with Gasteiger partial charge in [-0.15, -0.1) is 0 Å². The number of methoxy groups -OCH3 is 1. The van der Waals surface area contributed by atoms with Crippen molar-refractivity contribution in [2.24, 2.45) is 5.92 Å². The van der Waals surface area contributed by atoms with Crippen LogP contribution in [0.4, 0.5) is 0 Å². The Morgan fingerprint density at radius 2 is 2.35 bits per heavy atom. The third kappa shape index (κ3) is 1.90. The van der Waals surface area contributed by atoms with E-state index in [9.17, 15) is 4.79 Å². The molecule has 4 heteroatoms. The zero-order valence-electron chi connectivity index (χ0n) is 9.72. The first kappa shape index (κ1) is 10.3. The van der Waals surface area contributed by atoms with Crippen molar-refractivity contribution in [3.8, 4) is 0 Å². The van der Waals surface area contributed by atoms with Gasteiger partial charge in [-0.2, -0.15) is 5.10 Å². The van der Waals surface area contributed by atoms with Gasteiger partial charge in [-0.3, -0.25) is 4.68 Å². The van der Waals surface area contributed by atoms with Crippen LogP contribution in [0.2, 0.25) is 0 Å². The van der Waals surface area contributed by atoms with E-state index < -0.39 is 0 Å². The fourth-order valence-corrected chi connectivity index (χ4v) is 2.01. The Balaban J connectivity index is 2.02. The predicted molar refractivity (Wildman–Crippen MR) is 63.8 cm³/mol. The number of hydrogen-bond donors (Lipinski definition) is 0. The minimum atomic E-state index is -0.300. The van der Waals surface area contributed by atoms with E-state index in [-0.39, 0.29) is 5.97 Å². The minimum Gasteiger partial charge on any atom is -0.465 e. The zero-order chi connectivity index (χ0) is 11.8. The first-order valence-electron chi connectivity index (χ1n) is 5.82. The van der Waals surface area contributed by atoms with Crippen molar-refractivity contribution < 1.29 is 9.53 Å². The number of benzene rings is 1. The Labute approximate surface area is 99.2 Å². The number of carbonyl (C=O) groups excluding carboxylic acids is 1. The number of aromatic nitrogens is 2. The molecule has 2 aromatic rings. The van der Waals surface area contributed by atoms with Crippen LogP contribution >= 0.6 is 0 Å². The molecule has 88 valence electrons. The quantitative estimate of drug-likeness (QED) is 0.759. The van der Waals surface area contributed by atoms with Crippen molar-refractivity contribution in [2.75, 3.05) is 7.11 Å². The van der Waals surface area contributed by atoms with Crippen LogP contribution in [-0.2, 0) is 11.3 Å². The molecule has 0 aliphatic heterocycles. The van der Waals surface area contributed by atoms with Crippen molar-refractivity contribution in [1.82, 2.24) is 9.78 Å². The molecule has 0 radical (unpaired) electrons. The van der Waals surface area contributed by atoms with Crippen LogP contribution in [-0.4, -0.2) is 22.9 Å². The van der Waals surface area contributed by atoms with Crippen molar-refractivity contribution in [1.29, 1.82) is 0 Å². The van der Waals surface area contributed by atoms with E-state index in [1.54, 1.807) is 6.07 Å². The molecule has 0 saturated heterocycles. The molecular formula is C13H14N2O2. The second-order valence-electron chi connectivity index (χ2n) is 4.54. The highest BCUT2D eigenvalue weighted by atomic mass is 16.5. The summed E-state index contributed by atoms with van der Waals surface area (Å²) in [6.45, 7) is 0.953. The normalized spacial score (nSPS) is 15.1. The van der Waals surface area contributed by atoms with Gasteiger partial charge in [0.15, 0.2) is 0 Å². The molecule has 1 heterocycles. The molecule has 1 fully saturated rings. The molecule has 17 heavy (non-hydrogen) atoms. The first-order valence-corrected chi connectivity index (χ1v) is 5.82. The predicted octanol–water partition coefficient (Wildman–Crippen LogP) is 2.23. The molecule has 0 bridgehead atoms. The second kappa shape index (κ2) is 3.87. The van der Waals surface area contributed by atoms with Crippen LogP contribution in [0.1, 0.15) is 23.2 Å². The lowest BCUT2D eigenvalue weighted by Gasteiger charge is -2.03. The maximum Gasteiger partial charge on any atom is 0.337 e. The molecule has 0 atom stereocenters. The van der Waals surface area contributed by atoms with E-state index in [1.807, 2.05) is 23.0 Å². The first-order chi connectivity index (χ1) is 8.28. The summed E-state index contributed by atoms with van der Waals surface area (Å²) in [5.41, 5.74) is 1.59. The number of rotatable bonds is 3. The van der Waals surface area contributed by atoms with Crippen molar-refractivity contribution in [3.05, 3.63) is 30.0 Å². The maximum absolute atomic E-state index is 11.5. The Bertz CT molecular complexity index is 570. The topological polar surface area (TPSA) is 44.1 Å². The smallest absolute Gasteiger partial charge is 0.337 e. The van der Waals surface area contributed by atoms with E-state index in [4.69, 9.17) is 4.74 Å². The van der Waals surface area contributed by atoms with Gasteiger partial charge >= 0.3 is 5.97 Å². The van der Waals surface area contributed by atoms with Gasteiger partial charge in [0.2, 0.25) is 0 Å². The van der Waals surface area contributed by atoms with Crippen LogP contribution in [0, 0.1) is 5.92 Å². The molecule has 0 amide bonds. The monoisotopic (exact) mass is 230 g/mol. The van der Waals surface area contributed by atoms with Gasteiger partial charge in [0, 0.05) is 11.9 Å². The van der Waals surface area contributed by atoms with Crippen LogP contribution < -0.4 is 0 Å². The minimum absolute atomic E-state index is 0.300. The fourth-order valence-electron chi connectivity index (χ4n) is 2.01. The van der Waals surface area contributed by atoms with E-state index in [0.29, 0.717) is 5.56 Å². The van der Waals surface area contributed by atoms with Gasteiger partial charge in [0.05, 0.1) is 24.4 Å². The largest absolute Gasteiger partial charge is 0.465 e. The van der Waals surface area contributed by atoms with E-state index in [1.165, 1.54) is 20.0 Å². The fraction of sp³-hybridized carbons (Fsp3) is 0.385. The number of ether oxygens (including phenoxy) is 1. The maximum atomic E-state index is 11.5. The summed E-state index contributed by atoms with van der Waals surface area (Å²) < 4.78 is 6.71. The Morgan fingerprint density at radius 3 is 3.06 bits per heavy atom. The Kier molecular flexibility index (Phi) is 2.35. The number of esters is 1. The van der Waals surface area contributed by atoms with Crippen LogP contribution in [0.3, 0.4) is 0 Å². The molecular weight excluding hydrogens is 216 g/mol. The lowest BCUT2D eigenvalue weighted by molar-refractivity contribution is 0.0601. The van der Waals surface area contributed by atoms with Gasteiger partial charge < -0.3 is 4.74 Å². The van der Waals surface area contributed by atoms with Crippen molar-refractivity contribution >= 4 is 16.9 Å². The number of carbonyl (C=O) groups is 1. The molecule has 1 aromatic carbocycles. The molecule has 1 saturated carbocycles. The third-order valence-corrected chi connectivity index (χ3v) is 3.19. The average molecular weight is 230 g/mol. The highest BCUT2D eigenvalue weighted by Crippen LogP contribution is 2.31. The highest BCUT2D eigenvalue weighted by Gasteiger charge is 2.22. The number of fused-ring (bicyclic) bond motifs is 1. The molecule has 4 nitrogen and oxygen atoms in total. The van der Waals surface area contributed by atoms with Gasteiger partial charge in [-0.05, 0) is 30.9 Å². The zero-order valence-corrected chi connectivity index (χ0v) is 9.72. The van der Waals surface area contributed by atoms with Gasteiger partial charge in [-0.1, -0.05) is 6.07 Å². The lowest BCUT2D eigenvalue weighted by Crippen LogP contribution is -2.04. The van der Waals surface area contributed by atoms with Crippen LogP contribution in [0.25, 0.3) is 10.9 Å². The Hall–Kier alpha value is -1.84. The molecule has 0 spiro atoms. The molecule has 1 aromatic heterocycles. The molecule has 1 aliphatic rings. The second-order valence-corrected chi connectivity index (χ2v) is 4.54. The summed E-state index contributed by atoms with van der Waals surface area (Å²) in [5.74, 6) is 0.464. The summed E-state index contributed by atoms with van der Waals surface area (Å²) in [4.78, 5) is 11.5. The van der Waals surface area contributed by atoms with Crippen molar-refractivity contribution in [3.63, 3.8) is 0 Å². The van der Waals surface area contributed by atoms with Crippen LogP contribution in [0.15, 0.2) is 24.4 Å².